The van der Waals surface area contributed by atoms with Crippen molar-refractivity contribution in [2.24, 2.45) is 0 Å². The second-order valence-electron chi connectivity index (χ2n) is 5.26. The summed E-state index contributed by atoms with van der Waals surface area (Å²) in [5, 5.41) is 12.0. The highest BCUT2D eigenvalue weighted by molar-refractivity contribution is 6.31. The molecule has 1 heterocycles. The van der Waals surface area contributed by atoms with Crippen molar-refractivity contribution >= 4 is 22.6 Å². The number of aliphatic hydroxyl groups excluding tert-OH is 1. The van der Waals surface area contributed by atoms with Crippen molar-refractivity contribution in [3.8, 4) is 11.3 Å². The fraction of sp³-hybridized carbons (Fsp3) is 0.167. The van der Waals surface area contributed by atoms with E-state index in [2.05, 4.69) is 4.99 Å². The summed E-state index contributed by atoms with van der Waals surface area (Å²) < 4.78 is 5.99. The molecular formula is C18H17ClNO2+. The summed E-state index contributed by atoms with van der Waals surface area (Å²) in [5.74, 6) is 0.767. The summed E-state index contributed by atoms with van der Waals surface area (Å²) in [7, 11) is 0. The summed E-state index contributed by atoms with van der Waals surface area (Å²) in [4.78, 5) is 3.26. The van der Waals surface area contributed by atoms with E-state index in [1.165, 1.54) is 0 Å². The largest absolute Gasteiger partial charge is 0.456 e. The first-order valence-corrected chi connectivity index (χ1v) is 7.55. The molecular weight excluding hydrogens is 298 g/mol. The van der Waals surface area contributed by atoms with Crippen LogP contribution < -0.4 is 10.3 Å². The Morgan fingerprint density at radius 3 is 2.64 bits per heavy atom. The van der Waals surface area contributed by atoms with E-state index in [9.17, 15) is 5.11 Å². The lowest BCUT2D eigenvalue weighted by molar-refractivity contribution is -0.508. The van der Waals surface area contributed by atoms with Crippen LogP contribution in [0.1, 0.15) is 6.92 Å². The van der Waals surface area contributed by atoms with Gasteiger partial charge in [0.05, 0.1) is 11.5 Å². The van der Waals surface area contributed by atoms with E-state index in [1.54, 1.807) is 13.0 Å². The highest BCUT2D eigenvalue weighted by Crippen LogP contribution is 2.23. The summed E-state index contributed by atoms with van der Waals surface area (Å²) >= 11 is 6.09. The Labute approximate surface area is 133 Å². The van der Waals surface area contributed by atoms with Crippen molar-refractivity contribution in [2.45, 2.75) is 13.0 Å². The number of fused-ring (bicyclic) bond motifs is 1. The van der Waals surface area contributed by atoms with Gasteiger partial charge in [-0.2, -0.15) is 0 Å². The lowest BCUT2D eigenvalue weighted by Crippen LogP contribution is -2.78. The molecule has 3 aromatic rings. The van der Waals surface area contributed by atoms with Gasteiger partial charge in [-0.05, 0) is 25.1 Å². The maximum absolute atomic E-state index is 9.51. The van der Waals surface area contributed by atoms with E-state index in [0.717, 1.165) is 27.7 Å². The predicted octanol–water partition coefficient (Wildman–Crippen LogP) is 2.12. The smallest absolute Gasteiger partial charge is 0.213 e. The van der Waals surface area contributed by atoms with Crippen LogP contribution >= 0.6 is 11.6 Å². The molecule has 2 aromatic carbocycles. The molecule has 3 nitrogen and oxygen atoms in total. The number of benzene rings is 2. The zero-order valence-electron chi connectivity index (χ0n) is 12.2. The van der Waals surface area contributed by atoms with Gasteiger partial charge in [-0.15, -0.1) is 0 Å². The molecule has 112 valence electrons. The van der Waals surface area contributed by atoms with Crippen LogP contribution in [0.3, 0.4) is 0 Å². The molecule has 0 unspecified atom stereocenters. The third kappa shape index (κ3) is 3.21. The fourth-order valence-corrected chi connectivity index (χ4v) is 2.48. The lowest BCUT2D eigenvalue weighted by atomic mass is 10.1. The Morgan fingerprint density at radius 2 is 1.91 bits per heavy atom. The maximum Gasteiger partial charge on any atom is 0.213 e. The van der Waals surface area contributed by atoms with Crippen LogP contribution in [0.25, 0.3) is 22.3 Å². The van der Waals surface area contributed by atoms with E-state index in [-0.39, 0.29) is 0 Å². The number of hydrogen-bond acceptors (Lipinski definition) is 2. The van der Waals surface area contributed by atoms with E-state index < -0.39 is 6.10 Å². The molecule has 1 aromatic heterocycles. The Morgan fingerprint density at radius 1 is 1.14 bits per heavy atom. The van der Waals surface area contributed by atoms with Gasteiger partial charge in [0.15, 0.2) is 6.54 Å². The molecule has 0 aliphatic carbocycles. The van der Waals surface area contributed by atoms with Gasteiger partial charge >= 0.3 is 0 Å². The molecule has 0 aliphatic heterocycles. The van der Waals surface area contributed by atoms with Gasteiger partial charge < -0.3 is 9.52 Å². The molecule has 2 N–H and O–H groups in total. The third-order valence-corrected chi connectivity index (χ3v) is 3.61. The van der Waals surface area contributed by atoms with Crippen molar-refractivity contribution in [1.29, 1.82) is 0 Å². The molecule has 0 amide bonds. The normalized spacial score (nSPS) is 13.5. The molecule has 1 atom stereocenters. The van der Waals surface area contributed by atoms with Gasteiger partial charge in [0.2, 0.25) is 5.36 Å². The molecule has 3 rings (SSSR count). The first kappa shape index (κ1) is 14.8. The summed E-state index contributed by atoms with van der Waals surface area (Å²) in [6.45, 7) is 2.20. The molecule has 0 saturated heterocycles. The monoisotopic (exact) mass is 314 g/mol. The third-order valence-electron chi connectivity index (χ3n) is 3.37. The van der Waals surface area contributed by atoms with Crippen molar-refractivity contribution in [1.82, 2.24) is 0 Å². The van der Waals surface area contributed by atoms with Crippen LogP contribution in [0.2, 0.25) is 5.02 Å². The molecule has 22 heavy (non-hydrogen) atoms. The number of rotatable bonds is 3. The Bertz CT molecular complexity index is 854. The van der Waals surface area contributed by atoms with Gasteiger partial charge in [-0.3, -0.25) is 0 Å². The minimum Gasteiger partial charge on any atom is -0.456 e. The predicted molar refractivity (Wildman–Crippen MR) is 87.3 cm³/mol. The topological polar surface area (TPSA) is 47.3 Å². The summed E-state index contributed by atoms with van der Waals surface area (Å²) in [6.07, 6.45) is -0.438. The van der Waals surface area contributed by atoms with Crippen LogP contribution in [0.5, 0.6) is 0 Å². The van der Waals surface area contributed by atoms with Gasteiger partial charge in [0.25, 0.3) is 0 Å². The van der Waals surface area contributed by atoms with Crippen LogP contribution in [0, 0.1) is 0 Å². The zero-order valence-corrected chi connectivity index (χ0v) is 13.0. The van der Waals surface area contributed by atoms with Crippen LogP contribution in [0.4, 0.5) is 0 Å². The Hall–Kier alpha value is -2.10. The van der Waals surface area contributed by atoms with Crippen molar-refractivity contribution in [3.63, 3.8) is 0 Å². The minimum atomic E-state index is -0.438. The fourth-order valence-electron chi connectivity index (χ4n) is 2.31. The number of nitrogens with one attached hydrogen (secondary N) is 1. The molecule has 4 heteroatoms. The number of halogens is 1. The average molecular weight is 315 g/mol. The van der Waals surface area contributed by atoms with E-state index in [4.69, 9.17) is 16.0 Å². The second-order valence-corrected chi connectivity index (χ2v) is 5.70. The Kier molecular flexibility index (Phi) is 4.27. The standard InChI is InChI=1S/C18H16ClNO2/c1-12(21)11-20-16-10-18(13-5-3-2-4-6-13)22-17-8-7-14(19)9-15(16)17/h2-10,12,21H,11H2,1H3/p+1/t12-/m1/s1. The quantitative estimate of drug-likeness (QED) is 0.778. The highest BCUT2D eigenvalue weighted by atomic mass is 35.5. The van der Waals surface area contributed by atoms with Crippen molar-refractivity contribution in [3.05, 3.63) is 65.0 Å². The molecule has 0 bridgehead atoms. The molecule has 0 spiro atoms. The van der Waals surface area contributed by atoms with Crippen LogP contribution in [0.15, 0.2) is 59.0 Å². The van der Waals surface area contributed by atoms with E-state index in [0.29, 0.717) is 11.6 Å². The van der Waals surface area contributed by atoms with E-state index >= 15 is 0 Å². The van der Waals surface area contributed by atoms with E-state index in [1.807, 2.05) is 48.5 Å². The summed E-state index contributed by atoms with van der Waals surface area (Å²) in [5.41, 5.74) is 1.75. The van der Waals surface area contributed by atoms with Crippen LogP contribution in [-0.4, -0.2) is 17.8 Å². The second kappa shape index (κ2) is 6.34. The lowest BCUT2D eigenvalue weighted by Gasteiger charge is -2.03. The maximum atomic E-state index is 9.51. The first-order chi connectivity index (χ1) is 10.6. The first-order valence-electron chi connectivity index (χ1n) is 7.17. The van der Waals surface area contributed by atoms with Crippen molar-refractivity contribution < 1.29 is 14.5 Å². The molecule has 0 aliphatic rings. The minimum absolute atomic E-state index is 0.438. The molecule has 0 saturated carbocycles. The van der Waals surface area contributed by atoms with Crippen LogP contribution in [-0.2, 0) is 0 Å². The number of aliphatic hydroxyl groups is 1. The SMILES string of the molecule is C[C@@H](O)C[NH+]=c1cc(-c2ccccc2)oc2ccc(Cl)cc12. The Balaban J connectivity index is 2.25. The summed E-state index contributed by atoms with van der Waals surface area (Å²) in [6, 6.07) is 17.4. The zero-order chi connectivity index (χ0) is 15.5. The molecule has 0 radical (unpaired) electrons. The van der Waals surface area contributed by atoms with Gasteiger partial charge in [0, 0.05) is 10.6 Å². The number of hydrogen-bond donors (Lipinski definition) is 2. The molecule has 0 fully saturated rings. The average Bonchev–Trinajstić information content (AvgIpc) is 2.53. The highest BCUT2D eigenvalue weighted by Gasteiger charge is 2.10. The van der Waals surface area contributed by atoms with Gasteiger partial charge in [0.1, 0.15) is 17.4 Å². The van der Waals surface area contributed by atoms with Gasteiger partial charge in [-0.1, -0.05) is 41.9 Å². The van der Waals surface area contributed by atoms with Gasteiger partial charge in [-0.25, -0.2) is 4.99 Å². The van der Waals surface area contributed by atoms with Crippen molar-refractivity contribution in [2.75, 3.05) is 6.54 Å².